The van der Waals surface area contributed by atoms with Crippen molar-refractivity contribution in [3.63, 3.8) is 0 Å². The summed E-state index contributed by atoms with van der Waals surface area (Å²) in [4.78, 5) is 11.6. The predicted octanol–water partition coefficient (Wildman–Crippen LogP) is 3.19. The number of anilines is 1. The van der Waals surface area contributed by atoms with Gasteiger partial charge in [-0.05, 0) is 57.1 Å². The highest BCUT2D eigenvalue weighted by Gasteiger charge is 2.36. The Balaban J connectivity index is 1.92. The molecule has 0 unspecified atom stereocenters. The van der Waals surface area contributed by atoms with Crippen molar-refractivity contribution < 1.29 is 4.74 Å². The lowest BCUT2D eigenvalue weighted by Crippen LogP contribution is -2.46. The maximum Gasteiger partial charge on any atom is 0.191 e. The average Bonchev–Trinajstić information content (AvgIpc) is 2.66. The molecule has 1 aromatic heterocycles. The van der Waals surface area contributed by atoms with E-state index < -0.39 is 0 Å². The Hall–Kier alpha value is -1.82. The van der Waals surface area contributed by atoms with Gasteiger partial charge in [-0.25, -0.2) is 9.98 Å². The van der Waals surface area contributed by atoms with E-state index in [1.54, 1.807) is 7.11 Å². The summed E-state index contributed by atoms with van der Waals surface area (Å²) in [7, 11) is 1.78. The van der Waals surface area contributed by atoms with Crippen LogP contribution in [0.1, 0.15) is 52.0 Å². The summed E-state index contributed by atoms with van der Waals surface area (Å²) in [6, 6.07) is 4.21. The van der Waals surface area contributed by atoms with Crippen molar-refractivity contribution in [3.05, 3.63) is 23.9 Å². The first-order valence-electron chi connectivity index (χ1n) is 10.4. The zero-order chi connectivity index (χ0) is 19.5. The number of methoxy groups -OCH3 is 1. The van der Waals surface area contributed by atoms with Gasteiger partial charge in [-0.2, -0.15) is 0 Å². The lowest BCUT2D eigenvalue weighted by molar-refractivity contribution is 0.0732. The first-order valence-corrected chi connectivity index (χ1v) is 10.4. The third kappa shape index (κ3) is 6.38. The van der Waals surface area contributed by atoms with Crippen molar-refractivity contribution in [3.8, 4) is 0 Å². The molecular formula is C21H37N5O. The van der Waals surface area contributed by atoms with Crippen LogP contribution in [-0.2, 0) is 11.3 Å². The van der Waals surface area contributed by atoms with Crippen LogP contribution in [0, 0.1) is 5.41 Å². The summed E-state index contributed by atoms with van der Waals surface area (Å²) >= 11 is 0. The topological polar surface area (TPSA) is 61.8 Å². The van der Waals surface area contributed by atoms with Crippen LogP contribution in [0.25, 0.3) is 0 Å². The van der Waals surface area contributed by atoms with Crippen LogP contribution in [0.3, 0.4) is 0 Å². The minimum Gasteiger partial charge on any atom is -0.385 e. The predicted molar refractivity (Wildman–Crippen MR) is 113 cm³/mol. The molecule has 27 heavy (non-hydrogen) atoms. The number of aliphatic imine (C=N–C) groups is 1. The SMILES string of the molecule is CCNC(=NCc1ccc(N(CC)CC)nc1)NCC1(CCOC)CCC1. The van der Waals surface area contributed by atoms with Crippen LogP contribution < -0.4 is 15.5 Å². The monoisotopic (exact) mass is 375 g/mol. The molecule has 0 spiro atoms. The molecule has 0 atom stereocenters. The summed E-state index contributed by atoms with van der Waals surface area (Å²) in [6.45, 7) is 11.6. The number of pyridine rings is 1. The molecule has 1 saturated carbocycles. The fraction of sp³-hybridized carbons (Fsp3) is 0.714. The van der Waals surface area contributed by atoms with Gasteiger partial charge in [0, 0.05) is 46.1 Å². The fourth-order valence-electron chi connectivity index (χ4n) is 3.54. The highest BCUT2D eigenvalue weighted by molar-refractivity contribution is 5.79. The van der Waals surface area contributed by atoms with Crippen LogP contribution in [0.15, 0.2) is 23.3 Å². The van der Waals surface area contributed by atoms with E-state index in [1.165, 1.54) is 19.3 Å². The summed E-state index contributed by atoms with van der Waals surface area (Å²) in [5, 5.41) is 6.90. The first-order chi connectivity index (χ1) is 13.2. The quantitative estimate of drug-likeness (QED) is 0.459. The molecular weight excluding hydrogens is 338 g/mol. The second-order valence-electron chi connectivity index (χ2n) is 7.34. The highest BCUT2D eigenvalue weighted by Crippen LogP contribution is 2.43. The Kier molecular flexibility index (Phi) is 8.85. The van der Waals surface area contributed by atoms with Crippen LogP contribution in [0.4, 0.5) is 5.82 Å². The normalized spacial score (nSPS) is 15.9. The van der Waals surface area contributed by atoms with Gasteiger partial charge in [-0.3, -0.25) is 0 Å². The van der Waals surface area contributed by atoms with Gasteiger partial charge in [0.25, 0.3) is 0 Å². The molecule has 1 fully saturated rings. The smallest absolute Gasteiger partial charge is 0.191 e. The second kappa shape index (κ2) is 11.1. The van der Waals surface area contributed by atoms with Crippen molar-refractivity contribution in [1.82, 2.24) is 15.6 Å². The third-order valence-electron chi connectivity index (χ3n) is 5.54. The van der Waals surface area contributed by atoms with Crippen LogP contribution in [-0.4, -0.2) is 50.8 Å². The van der Waals surface area contributed by atoms with Gasteiger partial charge in [0.2, 0.25) is 0 Å². The van der Waals surface area contributed by atoms with Gasteiger partial charge in [-0.15, -0.1) is 0 Å². The molecule has 1 heterocycles. The standard InChI is InChI=1S/C21H37N5O/c1-5-22-20(25-17-21(11-8-12-21)13-14-27-4)24-16-18-9-10-19(23-15-18)26(6-2)7-3/h9-10,15H,5-8,11-14,16-17H2,1-4H3,(H2,22,24,25). The minimum absolute atomic E-state index is 0.374. The number of hydrogen-bond donors (Lipinski definition) is 2. The van der Waals surface area contributed by atoms with E-state index in [1.807, 2.05) is 6.20 Å². The molecule has 1 aliphatic carbocycles. The molecule has 0 saturated heterocycles. The maximum absolute atomic E-state index is 5.29. The largest absolute Gasteiger partial charge is 0.385 e. The molecule has 6 heteroatoms. The first kappa shape index (κ1) is 21.5. The number of ether oxygens (including phenoxy) is 1. The van der Waals surface area contributed by atoms with Crippen LogP contribution in [0.5, 0.6) is 0 Å². The Labute approximate surface area is 164 Å². The molecule has 1 aromatic rings. The van der Waals surface area contributed by atoms with Gasteiger partial charge in [0.05, 0.1) is 6.54 Å². The molecule has 0 aromatic carbocycles. The molecule has 0 radical (unpaired) electrons. The van der Waals surface area contributed by atoms with Crippen LogP contribution in [0.2, 0.25) is 0 Å². The average molecular weight is 376 g/mol. The Morgan fingerprint density at radius 3 is 2.52 bits per heavy atom. The lowest BCUT2D eigenvalue weighted by Gasteiger charge is -2.42. The van der Waals surface area contributed by atoms with Crippen molar-refractivity contribution in [2.45, 2.75) is 53.0 Å². The van der Waals surface area contributed by atoms with E-state index in [0.29, 0.717) is 12.0 Å². The number of guanidine groups is 1. The van der Waals surface area contributed by atoms with Gasteiger partial charge in [-0.1, -0.05) is 12.5 Å². The van der Waals surface area contributed by atoms with E-state index in [0.717, 1.165) is 56.5 Å². The van der Waals surface area contributed by atoms with Crippen LogP contribution >= 0.6 is 0 Å². The number of aromatic nitrogens is 1. The fourth-order valence-corrected chi connectivity index (χ4v) is 3.54. The minimum atomic E-state index is 0.374. The van der Waals surface area contributed by atoms with Crippen molar-refractivity contribution in [2.24, 2.45) is 10.4 Å². The van der Waals surface area contributed by atoms with E-state index in [9.17, 15) is 0 Å². The van der Waals surface area contributed by atoms with Gasteiger partial charge >= 0.3 is 0 Å². The van der Waals surface area contributed by atoms with Crippen molar-refractivity contribution in [1.29, 1.82) is 0 Å². The van der Waals surface area contributed by atoms with Gasteiger partial charge < -0.3 is 20.3 Å². The number of nitrogens with one attached hydrogen (secondary N) is 2. The zero-order valence-electron chi connectivity index (χ0n) is 17.6. The Bertz CT molecular complexity index is 564. The van der Waals surface area contributed by atoms with Gasteiger partial charge in [0.15, 0.2) is 5.96 Å². The Morgan fingerprint density at radius 1 is 1.22 bits per heavy atom. The lowest BCUT2D eigenvalue weighted by atomic mass is 9.67. The molecule has 0 bridgehead atoms. The van der Waals surface area contributed by atoms with Crippen molar-refractivity contribution in [2.75, 3.05) is 44.8 Å². The second-order valence-corrected chi connectivity index (χ2v) is 7.34. The molecule has 0 aliphatic heterocycles. The molecule has 2 rings (SSSR count). The zero-order valence-corrected chi connectivity index (χ0v) is 17.6. The third-order valence-corrected chi connectivity index (χ3v) is 5.54. The van der Waals surface area contributed by atoms with E-state index in [4.69, 9.17) is 9.73 Å². The van der Waals surface area contributed by atoms with E-state index in [-0.39, 0.29) is 0 Å². The number of nitrogens with zero attached hydrogens (tertiary/aromatic N) is 3. The van der Waals surface area contributed by atoms with E-state index >= 15 is 0 Å². The maximum atomic E-state index is 5.29. The highest BCUT2D eigenvalue weighted by atomic mass is 16.5. The molecule has 6 nitrogen and oxygen atoms in total. The number of hydrogen-bond acceptors (Lipinski definition) is 4. The molecule has 1 aliphatic rings. The van der Waals surface area contributed by atoms with Crippen molar-refractivity contribution >= 4 is 11.8 Å². The molecule has 2 N–H and O–H groups in total. The summed E-state index contributed by atoms with van der Waals surface area (Å²) in [6.07, 6.45) is 6.93. The number of rotatable bonds is 11. The molecule has 152 valence electrons. The van der Waals surface area contributed by atoms with Gasteiger partial charge in [0.1, 0.15) is 5.82 Å². The Morgan fingerprint density at radius 2 is 2.00 bits per heavy atom. The molecule has 0 amide bonds. The van der Waals surface area contributed by atoms with E-state index in [2.05, 4.69) is 53.4 Å². The summed E-state index contributed by atoms with van der Waals surface area (Å²) < 4.78 is 5.29. The summed E-state index contributed by atoms with van der Waals surface area (Å²) in [5.74, 6) is 1.91. The summed E-state index contributed by atoms with van der Waals surface area (Å²) in [5.41, 5.74) is 1.50.